The first-order valence-corrected chi connectivity index (χ1v) is 5.09. The van der Waals surface area contributed by atoms with Crippen LogP contribution in [0, 0.1) is 5.92 Å². The van der Waals surface area contributed by atoms with Crippen molar-refractivity contribution < 1.29 is 9.47 Å². The highest BCUT2D eigenvalue weighted by Gasteiger charge is 2.26. The lowest BCUT2D eigenvalue weighted by Gasteiger charge is -2.28. The second-order valence-electron chi connectivity index (χ2n) is 3.82. The monoisotopic (exact) mass is 200 g/mol. The van der Waals surface area contributed by atoms with E-state index in [9.17, 15) is 0 Å². The van der Waals surface area contributed by atoms with Crippen LogP contribution in [0.2, 0.25) is 0 Å². The van der Waals surface area contributed by atoms with Crippen LogP contribution in [0.4, 0.5) is 0 Å². The maximum atomic E-state index is 5.65. The van der Waals surface area contributed by atoms with Gasteiger partial charge in [-0.2, -0.15) is 0 Å². The van der Waals surface area contributed by atoms with Crippen LogP contribution < -0.4 is 11.5 Å². The Kier molecular flexibility index (Phi) is 4.07. The molecule has 1 aliphatic rings. The van der Waals surface area contributed by atoms with Gasteiger partial charge in [0.2, 0.25) is 0 Å². The van der Waals surface area contributed by atoms with Crippen LogP contribution in [-0.4, -0.2) is 18.7 Å². The van der Waals surface area contributed by atoms with Gasteiger partial charge in [-0.3, -0.25) is 11.5 Å². The van der Waals surface area contributed by atoms with Crippen molar-refractivity contribution in [2.24, 2.45) is 17.4 Å². The summed E-state index contributed by atoms with van der Waals surface area (Å²) < 4.78 is 10.7. The van der Waals surface area contributed by atoms with Crippen molar-refractivity contribution in [2.75, 3.05) is 6.61 Å². The van der Waals surface area contributed by atoms with Crippen LogP contribution >= 0.6 is 0 Å². The van der Waals surface area contributed by atoms with Crippen molar-refractivity contribution in [1.82, 2.24) is 0 Å². The van der Waals surface area contributed by atoms with Crippen LogP contribution in [0.1, 0.15) is 26.7 Å². The Morgan fingerprint density at radius 3 is 2.86 bits per heavy atom. The van der Waals surface area contributed by atoms with Gasteiger partial charge in [0.25, 0.3) is 6.03 Å². The highest BCUT2D eigenvalue weighted by molar-refractivity contribution is 4.89. The average molecular weight is 200 g/mol. The molecule has 2 atom stereocenters. The molecule has 82 valence electrons. The molecule has 4 heteroatoms. The van der Waals surface area contributed by atoms with Crippen LogP contribution in [0.5, 0.6) is 0 Å². The molecular formula is C10H20N2O2. The molecule has 4 nitrogen and oxygen atoms in total. The third-order valence-corrected chi connectivity index (χ3v) is 2.24. The molecule has 0 spiro atoms. The quantitative estimate of drug-likeness (QED) is 0.488. The maximum Gasteiger partial charge on any atom is 0.286 e. The fourth-order valence-corrected chi connectivity index (χ4v) is 1.37. The van der Waals surface area contributed by atoms with Gasteiger partial charge in [0.1, 0.15) is 0 Å². The topological polar surface area (TPSA) is 70.5 Å². The lowest BCUT2D eigenvalue weighted by atomic mass is 10.1. The number of nitrogens with two attached hydrogens (primary N) is 2. The molecule has 14 heavy (non-hydrogen) atoms. The van der Waals surface area contributed by atoms with E-state index in [-0.39, 0.29) is 6.10 Å². The molecule has 0 saturated carbocycles. The number of hydrogen-bond acceptors (Lipinski definition) is 4. The smallest absolute Gasteiger partial charge is 0.286 e. The molecule has 0 bridgehead atoms. The largest absolute Gasteiger partial charge is 0.324 e. The van der Waals surface area contributed by atoms with E-state index in [0.29, 0.717) is 12.5 Å². The third kappa shape index (κ3) is 3.75. The minimum Gasteiger partial charge on any atom is -0.324 e. The summed E-state index contributed by atoms with van der Waals surface area (Å²) in [5.41, 5.74) is 11.3. The molecule has 1 aliphatic heterocycles. The Morgan fingerprint density at radius 1 is 1.50 bits per heavy atom. The molecular weight excluding hydrogens is 180 g/mol. The first kappa shape index (κ1) is 11.7. The van der Waals surface area contributed by atoms with Gasteiger partial charge in [-0.15, -0.1) is 0 Å². The summed E-state index contributed by atoms with van der Waals surface area (Å²) >= 11 is 0. The summed E-state index contributed by atoms with van der Waals surface area (Å²) in [4.78, 5) is 0. The van der Waals surface area contributed by atoms with Gasteiger partial charge >= 0.3 is 0 Å². The zero-order valence-electron chi connectivity index (χ0n) is 8.90. The SMILES string of the molecule is CC[C@H]1C/C=C\[C@H](C)COC(N)(N)O1. The molecule has 0 aliphatic carbocycles. The highest BCUT2D eigenvalue weighted by atomic mass is 16.7. The molecule has 0 aromatic heterocycles. The molecule has 0 radical (unpaired) electrons. The van der Waals surface area contributed by atoms with Gasteiger partial charge in [-0.25, -0.2) is 0 Å². The van der Waals surface area contributed by atoms with E-state index in [0.717, 1.165) is 12.8 Å². The van der Waals surface area contributed by atoms with Gasteiger partial charge in [-0.1, -0.05) is 26.0 Å². The van der Waals surface area contributed by atoms with Crippen LogP contribution in [0.3, 0.4) is 0 Å². The Hall–Kier alpha value is -0.420. The van der Waals surface area contributed by atoms with Crippen LogP contribution in [0.15, 0.2) is 12.2 Å². The molecule has 0 aromatic carbocycles. The zero-order chi connectivity index (χ0) is 10.6. The molecule has 0 saturated heterocycles. The molecule has 4 N–H and O–H groups in total. The van der Waals surface area contributed by atoms with Gasteiger partial charge in [0, 0.05) is 0 Å². The van der Waals surface area contributed by atoms with Crippen molar-refractivity contribution in [2.45, 2.75) is 38.8 Å². The van der Waals surface area contributed by atoms with E-state index in [2.05, 4.69) is 19.1 Å². The lowest BCUT2D eigenvalue weighted by Crippen LogP contribution is -2.56. The standard InChI is InChI=1S/C10H20N2O2/c1-3-9-6-4-5-8(2)7-13-10(11,12)14-9/h4-5,8-9H,3,6-7,11-12H2,1-2H3/b5-4-/t8-,9-/m0/s1. The van der Waals surface area contributed by atoms with Crippen molar-refractivity contribution in [3.8, 4) is 0 Å². The van der Waals surface area contributed by atoms with Crippen molar-refractivity contribution in [3.63, 3.8) is 0 Å². The summed E-state index contributed by atoms with van der Waals surface area (Å²) in [5.74, 6) is 0.320. The molecule has 1 heterocycles. The van der Waals surface area contributed by atoms with Gasteiger partial charge in [-0.05, 0) is 18.8 Å². The van der Waals surface area contributed by atoms with E-state index in [1.165, 1.54) is 0 Å². The normalized spacial score (nSPS) is 35.4. The molecule has 0 unspecified atom stereocenters. The van der Waals surface area contributed by atoms with E-state index in [1.54, 1.807) is 0 Å². The summed E-state index contributed by atoms with van der Waals surface area (Å²) in [5, 5.41) is 0. The Bertz CT molecular complexity index is 204. The lowest BCUT2D eigenvalue weighted by molar-refractivity contribution is -0.254. The van der Waals surface area contributed by atoms with Crippen LogP contribution in [0.25, 0.3) is 0 Å². The number of rotatable bonds is 1. The van der Waals surface area contributed by atoms with E-state index < -0.39 is 6.03 Å². The van der Waals surface area contributed by atoms with Crippen LogP contribution in [-0.2, 0) is 9.47 Å². The molecule has 0 amide bonds. The summed E-state index contributed by atoms with van der Waals surface area (Å²) in [7, 11) is 0. The Morgan fingerprint density at radius 2 is 2.21 bits per heavy atom. The summed E-state index contributed by atoms with van der Waals surface area (Å²) in [6.07, 6.45) is 5.95. The zero-order valence-corrected chi connectivity index (χ0v) is 8.90. The first-order valence-electron chi connectivity index (χ1n) is 5.09. The van der Waals surface area contributed by atoms with Crippen molar-refractivity contribution in [3.05, 3.63) is 12.2 Å². The van der Waals surface area contributed by atoms with Crippen molar-refractivity contribution in [1.29, 1.82) is 0 Å². The minimum absolute atomic E-state index is 0.0338. The Labute approximate surface area is 85.2 Å². The second kappa shape index (κ2) is 4.89. The summed E-state index contributed by atoms with van der Waals surface area (Å²) in [6.45, 7) is 4.58. The predicted molar refractivity (Wildman–Crippen MR) is 55.1 cm³/mol. The fourth-order valence-electron chi connectivity index (χ4n) is 1.37. The molecule has 0 fully saturated rings. The first-order chi connectivity index (χ1) is 6.53. The van der Waals surface area contributed by atoms with Gasteiger partial charge in [0.15, 0.2) is 0 Å². The third-order valence-electron chi connectivity index (χ3n) is 2.24. The fraction of sp³-hybridized carbons (Fsp3) is 0.800. The number of ether oxygens (including phenoxy) is 2. The second-order valence-corrected chi connectivity index (χ2v) is 3.82. The maximum absolute atomic E-state index is 5.65. The van der Waals surface area contributed by atoms with Crippen molar-refractivity contribution >= 4 is 0 Å². The van der Waals surface area contributed by atoms with E-state index >= 15 is 0 Å². The molecule has 0 aromatic rings. The average Bonchev–Trinajstić information content (AvgIpc) is 2.18. The van der Waals surface area contributed by atoms with E-state index in [4.69, 9.17) is 20.9 Å². The van der Waals surface area contributed by atoms with E-state index in [1.807, 2.05) is 6.92 Å². The Balaban J connectivity index is 2.63. The minimum atomic E-state index is -1.44. The van der Waals surface area contributed by atoms with Gasteiger partial charge in [0.05, 0.1) is 12.7 Å². The number of hydrogen-bond donors (Lipinski definition) is 2. The highest BCUT2D eigenvalue weighted by Crippen LogP contribution is 2.15. The molecule has 1 rings (SSSR count). The van der Waals surface area contributed by atoms with Gasteiger partial charge < -0.3 is 9.47 Å². The predicted octanol–water partition coefficient (Wildman–Crippen LogP) is 0.923. The summed E-state index contributed by atoms with van der Waals surface area (Å²) in [6, 6.07) is -1.44.